The second-order valence-electron chi connectivity index (χ2n) is 4.03. The number of anilines is 1. The molecule has 0 saturated heterocycles. The van der Waals surface area contributed by atoms with E-state index >= 15 is 0 Å². The predicted octanol–water partition coefficient (Wildman–Crippen LogP) is 1.56. The highest BCUT2D eigenvalue weighted by Gasteiger charge is 2.39. The van der Waals surface area contributed by atoms with Crippen molar-refractivity contribution in [2.75, 3.05) is 27.1 Å². The van der Waals surface area contributed by atoms with Crippen LogP contribution in [0.2, 0.25) is 0 Å². The molecule has 0 amide bonds. The number of nitrogen functional groups attached to an aromatic ring is 1. The molecule has 6 heteroatoms. The number of methoxy groups -OCH3 is 3. The molecule has 0 bridgehead atoms. The van der Waals surface area contributed by atoms with Crippen LogP contribution in [0.15, 0.2) is 36.5 Å². The van der Waals surface area contributed by atoms with Crippen molar-refractivity contribution in [3.63, 3.8) is 0 Å². The third kappa shape index (κ3) is 2.31. The van der Waals surface area contributed by atoms with E-state index in [4.69, 9.17) is 19.9 Å². The van der Waals surface area contributed by atoms with Crippen molar-refractivity contribution in [2.45, 2.75) is 5.79 Å². The summed E-state index contributed by atoms with van der Waals surface area (Å²) in [5, 5.41) is 0. The van der Waals surface area contributed by atoms with Gasteiger partial charge in [-0.25, -0.2) is 9.97 Å². The molecule has 0 aliphatic heterocycles. The van der Waals surface area contributed by atoms with Crippen LogP contribution >= 0.6 is 0 Å². The van der Waals surface area contributed by atoms with Crippen LogP contribution in [-0.4, -0.2) is 31.3 Å². The average molecular weight is 275 g/mol. The number of nitrogens with two attached hydrogens (primary N) is 1. The summed E-state index contributed by atoms with van der Waals surface area (Å²) in [6.45, 7) is 0. The summed E-state index contributed by atoms with van der Waals surface area (Å²) < 4.78 is 16.6. The number of hydrogen-bond acceptors (Lipinski definition) is 6. The van der Waals surface area contributed by atoms with E-state index < -0.39 is 5.79 Å². The minimum Gasteiger partial charge on any atom is -0.496 e. The van der Waals surface area contributed by atoms with Gasteiger partial charge in [0.1, 0.15) is 11.4 Å². The lowest BCUT2D eigenvalue weighted by molar-refractivity contribution is -0.187. The fraction of sp³-hybridized carbons (Fsp3) is 0.286. The number of nitrogens with zero attached hydrogens (tertiary/aromatic N) is 2. The van der Waals surface area contributed by atoms with E-state index in [2.05, 4.69) is 9.97 Å². The van der Waals surface area contributed by atoms with Crippen LogP contribution in [0.1, 0.15) is 11.3 Å². The van der Waals surface area contributed by atoms with Gasteiger partial charge in [0.15, 0.2) is 0 Å². The van der Waals surface area contributed by atoms with E-state index in [-0.39, 0.29) is 5.95 Å². The maximum Gasteiger partial charge on any atom is 0.243 e. The number of para-hydroxylation sites is 1. The van der Waals surface area contributed by atoms with Crippen molar-refractivity contribution in [1.82, 2.24) is 9.97 Å². The first-order chi connectivity index (χ1) is 9.67. The van der Waals surface area contributed by atoms with Crippen LogP contribution in [0, 0.1) is 0 Å². The summed E-state index contributed by atoms with van der Waals surface area (Å²) in [7, 11) is 4.66. The van der Waals surface area contributed by atoms with Crippen molar-refractivity contribution in [3.05, 3.63) is 47.8 Å². The highest BCUT2D eigenvalue weighted by molar-refractivity contribution is 5.42. The monoisotopic (exact) mass is 275 g/mol. The van der Waals surface area contributed by atoms with E-state index in [0.717, 1.165) is 0 Å². The SMILES string of the molecule is COc1ccccc1C(OC)(OC)c1ccnc(N)n1. The first kappa shape index (κ1) is 14.2. The summed E-state index contributed by atoms with van der Waals surface area (Å²) in [6, 6.07) is 9.11. The predicted molar refractivity (Wildman–Crippen MR) is 74.2 cm³/mol. The van der Waals surface area contributed by atoms with Crippen LogP contribution in [0.4, 0.5) is 5.95 Å². The Morgan fingerprint density at radius 1 is 1.05 bits per heavy atom. The van der Waals surface area contributed by atoms with E-state index in [0.29, 0.717) is 17.0 Å². The van der Waals surface area contributed by atoms with E-state index in [1.54, 1.807) is 19.4 Å². The summed E-state index contributed by atoms with van der Waals surface area (Å²) in [5.74, 6) is -0.423. The topological polar surface area (TPSA) is 79.5 Å². The molecule has 0 saturated carbocycles. The van der Waals surface area contributed by atoms with Gasteiger partial charge in [-0.05, 0) is 18.2 Å². The fourth-order valence-electron chi connectivity index (χ4n) is 2.12. The summed E-state index contributed by atoms with van der Waals surface area (Å²) in [5.41, 5.74) is 6.85. The molecular formula is C14H17N3O3. The highest BCUT2D eigenvalue weighted by atomic mass is 16.7. The van der Waals surface area contributed by atoms with Gasteiger partial charge >= 0.3 is 0 Å². The van der Waals surface area contributed by atoms with Gasteiger partial charge in [0.2, 0.25) is 11.7 Å². The molecular weight excluding hydrogens is 258 g/mol. The summed E-state index contributed by atoms with van der Waals surface area (Å²) in [6.07, 6.45) is 1.56. The molecule has 20 heavy (non-hydrogen) atoms. The molecule has 1 aromatic heterocycles. The number of ether oxygens (including phenoxy) is 3. The van der Waals surface area contributed by atoms with Crippen LogP contribution in [0.25, 0.3) is 0 Å². The minimum absolute atomic E-state index is 0.149. The maximum atomic E-state index is 5.65. The Kier molecular flexibility index (Phi) is 4.16. The lowest BCUT2D eigenvalue weighted by Gasteiger charge is -2.31. The van der Waals surface area contributed by atoms with Gasteiger partial charge in [0.05, 0.1) is 12.7 Å². The van der Waals surface area contributed by atoms with Gasteiger partial charge in [-0.3, -0.25) is 0 Å². The Balaban J connectivity index is 2.66. The van der Waals surface area contributed by atoms with Crippen LogP contribution < -0.4 is 10.5 Å². The molecule has 2 aromatic rings. The second kappa shape index (κ2) is 5.85. The molecule has 0 radical (unpaired) electrons. The zero-order valence-electron chi connectivity index (χ0n) is 11.7. The van der Waals surface area contributed by atoms with Crippen molar-refractivity contribution in [1.29, 1.82) is 0 Å². The maximum absolute atomic E-state index is 5.65. The Morgan fingerprint density at radius 3 is 2.35 bits per heavy atom. The first-order valence-electron chi connectivity index (χ1n) is 6.00. The molecule has 6 nitrogen and oxygen atoms in total. The van der Waals surface area contributed by atoms with E-state index in [1.807, 2.05) is 24.3 Å². The minimum atomic E-state index is -1.20. The van der Waals surface area contributed by atoms with Crippen molar-refractivity contribution in [2.24, 2.45) is 0 Å². The van der Waals surface area contributed by atoms with Crippen LogP contribution in [-0.2, 0) is 15.3 Å². The van der Waals surface area contributed by atoms with E-state index in [9.17, 15) is 0 Å². The summed E-state index contributed by atoms with van der Waals surface area (Å²) >= 11 is 0. The molecule has 0 fully saturated rings. The van der Waals surface area contributed by atoms with Crippen molar-refractivity contribution in [3.8, 4) is 5.75 Å². The summed E-state index contributed by atoms with van der Waals surface area (Å²) in [4.78, 5) is 8.08. The van der Waals surface area contributed by atoms with Gasteiger partial charge in [-0.2, -0.15) is 0 Å². The molecule has 0 spiro atoms. The lowest BCUT2D eigenvalue weighted by Crippen LogP contribution is -2.34. The number of rotatable bonds is 5. The number of benzene rings is 1. The quantitative estimate of drug-likeness (QED) is 0.834. The van der Waals surface area contributed by atoms with Gasteiger partial charge in [-0.1, -0.05) is 12.1 Å². The highest BCUT2D eigenvalue weighted by Crippen LogP contribution is 2.38. The zero-order chi connectivity index (χ0) is 14.6. The lowest BCUT2D eigenvalue weighted by atomic mass is 10.0. The van der Waals surface area contributed by atoms with Gasteiger partial charge < -0.3 is 19.9 Å². The molecule has 0 aliphatic carbocycles. The largest absolute Gasteiger partial charge is 0.496 e. The average Bonchev–Trinajstić information content (AvgIpc) is 2.50. The van der Waals surface area contributed by atoms with Gasteiger partial charge in [-0.15, -0.1) is 0 Å². The number of hydrogen-bond donors (Lipinski definition) is 1. The van der Waals surface area contributed by atoms with Crippen LogP contribution in [0.3, 0.4) is 0 Å². The van der Waals surface area contributed by atoms with Crippen LogP contribution in [0.5, 0.6) is 5.75 Å². The molecule has 0 aliphatic rings. The Hall–Kier alpha value is -2.18. The van der Waals surface area contributed by atoms with Gasteiger partial charge in [0, 0.05) is 20.4 Å². The molecule has 106 valence electrons. The Labute approximate surface area is 117 Å². The second-order valence-corrected chi connectivity index (χ2v) is 4.03. The number of aromatic nitrogens is 2. The standard InChI is InChI=1S/C14H17N3O3/c1-18-11-7-5-4-6-10(11)14(19-2,20-3)12-8-9-16-13(15)17-12/h4-9H,1-3H3,(H2,15,16,17). The molecule has 0 atom stereocenters. The van der Waals surface area contributed by atoms with Crippen molar-refractivity contribution < 1.29 is 14.2 Å². The third-order valence-electron chi connectivity index (χ3n) is 3.05. The van der Waals surface area contributed by atoms with Crippen molar-refractivity contribution >= 4 is 5.95 Å². The smallest absolute Gasteiger partial charge is 0.243 e. The molecule has 2 rings (SSSR count). The zero-order valence-corrected chi connectivity index (χ0v) is 11.7. The molecule has 1 heterocycles. The fourth-order valence-corrected chi connectivity index (χ4v) is 2.12. The van der Waals surface area contributed by atoms with E-state index in [1.165, 1.54) is 14.2 Å². The van der Waals surface area contributed by atoms with Gasteiger partial charge in [0.25, 0.3) is 0 Å². The third-order valence-corrected chi connectivity index (χ3v) is 3.05. The molecule has 2 N–H and O–H groups in total. The normalized spacial score (nSPS) is 11.3. The first-order valence-corrected chi connectivity index (χ1v) is 6.00. The molecule has 1 aromatic carbocycles. The Bertz CT molecular complexity index is 585. The Morgan fingerprint density at radius 2 is 1.75 bits per heavy atom. The molecule has 0 unspecified atom stereocenters.